The molecule has 112 valence electrons. The maximum absolute atomic E-state index is 11.6. The number of hydrogen-bond donors (Lipinski definition) is 3. The number of nitrogens with one attached hydrogen (secondary N) is 1. The molecule has 2 aromatic rings. The Bertz CT molecular complexity index is 580. The van der Waals surface area contributed by atoms with Crippen molar-refractivity contribution in [3.63, 3.8) is 0 Å². The van der Waals surface area contributed by atoms with Gasteiger partial charge in [0.2, 0.25) is 0 Å². The van der Waals surface area contributed by atoms with E-state index in [1.807, 2.05) is 29.6 Å². The van der Waals surface area contributed by atoms with Crippen LogP contribution in [-0.4, -0.2) is 21.7 Å². The molecule has 1 heterocycles. The Kier molecular flexibility index (Phi) is 4.98. The maximum Gasteiger partial charge on any atom is 0.323 e. The number of aromatic hydroxyl groups is 1. The minimum absolute atomic E-state index is 0.218. The SMILES string of the molecule is CC(CCc1ccc(O)cc1)(NCc1cccs1)C(=O)O. The second-order valence-corrected chi connectivity index (χ2v) is 6.27. The fourth-order valence-corrected chi connectivity index (χ4v) is 2.67. The van der Waals surface area contributed by atoms with Gasteiger partial charge in [-0.1, -0.05) is 18.2 Å². The van der Waals surface area contributed by atoms with Crippen molar-refractivity contribution in [3.05, 3.63) is 52.2 Å². The Morgan fingerprint density at radius 3 is 2.57 bits per heavy atom. The summed E-state index contributed by atoms with van der Waals surface area (Å²) in [5, 5.41) is 23.9. The van der Waals surface area contributed by atoms with Gasteiger partial charge in [-0.25, -0.2) is 0 Å². The zero-order valence-corrected chi connectivity index (χ0v) is 12.7. The first-order chi connectivity index (χ1) is 9.99. The molecule has 0 bridgehead atoms. The molecule has 1 unspecified atom stereocenters. The Morgan fingerprint density at radius 2 is 2.00 bits per heavy atom. The number of hydrogen-bond acceptors (Lipinski definition) is 4. The fraction of sp³-hybridized carbons (Fsp3) is 0.312. The van der Waals surface area contributed by atoms with E-state index in [-0.39, 0.29) is 5.75 Å². The van der Waals surface area contributed by atoms with Crippen molar-refractivity contribution in [1.29, 1.82) is 0 Å². The largest absolute Gasteiger partial charge is 0.508 e. The van der Waals surface area contributed by atoms with Crippen LogP contribution in [0.4, 0.5) is 0 Å². The Hall–Kier alpha value is -1.85. The average molecular weight is 305 g/mol. The molecule has 4 nitrogen and oxygen atoms in total. The summed E-state index contributed by atoms with van der Waals surface area (Å²) in [6.07, 6.45) is 1.12. The van der Waals surface area contributed by atoms with E-state index in [0.717, 1.165) is 10.4 Å². The quantitative estimate of drug-likeness (QED) is 0.735. The second kappa shape index (κ2) is 6.74. The van der Waals surface area contributed by atoms with Gasteiger partial charge in [-0.05, 0) is 48.9 Å². The van der Waals surface area contributed by atoms with Crippen LogP contribution in [0, 0.1) is 0 Å². The molecule has 21 heavy (non-hydrogen) atoms. The van der Waals surface area contributed by atoms with Gasteiger partial charge in [-0.2, -0.15) is 0 Å². The molecule has 0 amide bonds. The van der Waals surface area contributed by atoms with Gasteiger partial charge in [-0.15, -0.1) is 11.3 Å². The lowest BCUT2D eigenvalue weighted by Gasteiger charge is -2.26. The van der Waals surface area contributed by atoms with Gasteiger partial charge in [0.15, 0.2) is 0 Å². The molecular formula is C16H19NO3S. The zero-order valence-electron chi connectivity index (χ0n) is 11.9. The van der Waals surface area contributed by atoms with Gasteiger partial charge in [0.05, 0.1) is 0 Å². The fourth-order valence-electron chi connectivity index (χ4n) is 2.02. The molecule has 1 aromatic heterocycles. The number of aliphatic carboxylic acids is 1. The summed E-state index contributed by atoms with van der Waals surface area (Å²) < 4.78 is 0. The van der Waals surface area contributed by atoms with Gasteiger partial charge >= 0.3 is 5.97 Å². The summed E-state index contributed by atoms with van der Waals surface area (Å²) in [4.78, 5) is 12.7. The van der Waals surface area contributed by atoms with E-state index in [9.17, 15) is 15.0 Å². The average Bonchev–Trinajstić information content (AvgIpc) is 2.98. The summed E-state index contributed by atoms with van der Waals surface area (Å²) in [6.45, 7) is 2.26. The first kappa shape index (κ1) is 15.5. The van der Waals surface area contributed by atoms with E-state index in [0.29, 0.717) is 19.4 Å². The van der Waals surface area contributed by atoms with Crippen LogP contribution in [0.25, 0.3) is 0 Å². The first-order valence-corrected chi connectivity index (χ1v) is 7.66. The highest BCUT2D eigenvalue weighted by molar-refractivity contribution is 7.09. The number of carbonyl (C=O) groups is 1. The van der Waals surface area contributed by atoms with E-state index in [4.69, 9.17) is 0 Å². The van der Waals surface area contributed by atoms with Gasteiger partial charge in [0.25, 0.3) is 0 Å². The molecule has 0 radical (unpaired) electrons. The van der Waals surface area contributed by atoms with E-state index in [1.54, 1.807) is 30.4 Å². The number of thiophene rings is 1. The first-order valence-electron chi connectivity index (χ1n) is 6.78. The molecule has 3 N–H and O–H groups in total. The minimum atomic E-state index is -0.970. The van der Waals surface area contributed by atoms with Crippen molar-refractivity contribution in [2.24, 2.45) is 0 Å². The van der Waals surface area contributed by atoms with Crippen LogP contribution in [0.15, 0.2) is 41.8 Å². The summed E-state index contributed by atoms with van der Waals surface area (Å²) in [5.41, 5.74) is 0.0419. The second-order valence-electron chi connectivity index (χ2n) is 5.24. The van der Waals surface area contributed by atoms with Crippen LogP contribution < -0.4 is 5.32 Å². The predicted molar refractivity (Wildman–Crippen MR) is 83.6 cm³/mol. The number of carboxylic acid groups (broad SMARTS) is 1. The highest BCUT2D eigenvalue weighted by Crippen LogP contribution is 2.18. The number of carboxylic acids is 1. The van der Waals surface area contributed by atoms with E-state index < -0.39 is 11.5 Å². The van der Waals surface area contributed by atoms with E-state index in [2.05, 4.69) is 5.32 Å². The summed E-state index contributed by atoms with van der Waals surface area (Å²) in [7, 11) is 0. The number of aryl methyl sites for hydroxylation is 1. The topological polar surface area (TPSA) is 69.6 Å². The highest BCUT2D eigenvalue weighted by atomic mass is 32.1. The van der Waals surface area contributed by atoms with Crippen molar-refractivity contribution in [2.45, 2.75) is 31.8 Å². The maximum atomic E-state index is 11.6. The van der Waals surface area contributed by atoms with Crippen molar-refractivity contribution >= 4 is 17.3 Å². The minimum Gasteiger partial charge on any atom is -0.508 e. The van der Waals surface area contributed by atoms with Gasteiger partial charge < -0.3 is 10.2 Å². The number of benzene rings is 1. The molecule has 1 aromatic carbocycles. The molecule has 0 saturated carbocycles. The van der Waals surface area contributed by atoms with Crippen molar-refractivity contribution < 1.29 is 15.0 Å². The Balaban J connectivity index is 1.97. The van der Waals surface area contributed by atoms with Gasteiger partial charge in [0.1, 0.15) is 11.3 Å². The lowest BCUT2D eigenvalue weighted by Crippen LogP contribution is -2.49. The third-order valence-corrected chi connectivity index (χ3v) is 4.43. The van der Waals surface area contributed by atoms with Crippen LogP contribution in [0.1, 0.15) is 23.8 Å². The predicted octanol–water partition coefficient (Wildman–Crippen LogP) is 3.02. The van der Waals surface area contributed by atoms with E-state index >= 15 is 0 Å². The molecule has 1 atom stereocenters. The molecule has 0 spiro atoms. The van der Waals surface area contributed by atoms with Crippen molar-refractivity contribution in [1.82, 2.24) is 5.32 Å². The standard InChI is InChI=1S/C16H19NO3S/c1-16(15(19)20,17-11-14-3-2-10-21-14)9-8-12-4-6-13(18)7-5-12/h2-7,10,17-18H,8-9,11H2,1H3,(H,19,20). The third kappa shape index (κ3) is 4.31. The van der Waals surface area contributed by atoms with Crippen molar-refractivity contribution in [3.8, 4) is 5.75 Å². The molecule has 0 saturated heterocycles. The van der Waals surface area contributed by atoms with Crippen LogP contribution in [0.2, 0.25) is 0 Å². The molecule has 5 heteroatoms. The molecule has 0 aliphatic rings. The van der Waals surface area contributed by atoms with Gasteiger partial charge in [-0.3, -0.25) is 10.1 Å². The lowest BCUT2D eigenvalue weighted by molar-refractivity contribution is -0.144. The third-order valence-electron chi connectivity index (χ3n) is 3.55. The molecule has 0 aliphatic carbocycles. The van der Waals surface area contributed by atoms with Crippen LogP contribution in [0.5, 0.6) is 5.75 Å². The summed E-state index contributed by atoms with van der Waals surface area (Å²) >= 11 is 1.61. The number of phenolic OH excluding ortho intramolecular Hbond substituents is 1. The zero-order chi connectivity index (χ0) is 15.3. The summed E-state index contributed by atoms with van der Waals surface area (Å²) in [6, 6.07) is 10.8. The van der Waals surface area contributed by atoms with Crippen LogP contribution >= 0.6 is 11.3 Å². The van der Waals surface area contributed by atoms with E-state index in [1.165, 1.54) is 0 Å². The smallest absolute Gasteiger partial charge is 0.323 e. The normalized spacial score (nSPS) is 13.8. The Morgan fingerprint density at radius 1 is 1.29 bits per heavy atom. The van der Waals surface area contributed by atoms with Crippen LogP contribution in [-0.2, 0) is 17.8 Å². The number of rotatable bonds is 7. The highest BCUT2D eigenvalue weighted by Gasteiger charge is 2.32. The van der Waals surface area contributed by atoms with Crippen LogP contribution in [0.3, 0.4) is 0 Å². The van der Waals surface area contributed by atoms with Gasteiger partial charge in [0, 0.05) is 11.4 Å². The molecule has 2 rings (SSSR count). The Labute approximate surface area is 128 Å². The molecule has 0 fully saturated rings. The monoisotopic (exact) mass is 305 g/mol. The van der Waals surface area contributed by atoms with Crippen molar-refractivity contribution in [2.75, 3.05) is 0 Å². The number of phenols is 1. The molecular weight excluding hydrogens is 286 g/mol. The lowest BCUT2D eigenvalue weighted by atomic mass is 9.93. The summed E-state index contributed by atoms with van der Waals surface area (Å²) in [5.74, 6) is -0.631. The molecule has 0 aliphatic heterocycles.